The van der Waals surface area contributed by atoms with Crippen LogP contribution in [0.15, 0.2) is 48.6 Å². The number of hydrogen-bond acceptors (Lipinski definition) is 18. The van der Waals surface area contributed by atoms with Crippen LogP contribution in [-0.4, -0.2) is 156 Å². The third-order valence-electron chi connectivity index (χ3n) is 12.9. The number of aryl methyl sites for hydroxylation is 2. The van der Waals surface area contributed by atoms with Gasteiger partial charge in [-0.05, 0) is 104 Å². The van der Waals surface area contributed by atoms with Gasteiger partial charge in [0.15, 0.2) is 43.0 Å². The maximum atomic E-state index is 15.4. The highest BCUT2D eigenvalue weighted by Crippen LogP contribution is 2.34. The van der Waals surface area contributed by atoms with Crippen molar-refractivity contribution in [1.82, 2.24) is 59.5 Å². The fourth-order valence-electron chi connectivity index (χ4n) is 9.53. The summed E-state index contributed by atoms with van der Waals surface area (Å²) in [6.07, 6.45) is 3.16. The van der Waals surface area contributed by atoms with Crippen molar-refractivity contribution < 1.29 is 46.1 Å². The molecule has 8 heterocycles. The predicted molar refractivity (Wildman–Crippen MR) is 313 cm³/mol. The quantitative estimate of drug-likeness (QED) is 0.0986. The van der Waals surface area contributed by atoms with Crippen molar-refractivity contribution >= 4 is 67.3 Å². The summed E-state index contributed by atoms with van der Waals surface area (Å²) in [5.74, 6) is -3.03. The van der Waals surface area contributed by atoms with E-state index in [4.69, 9.17) is 42.5 Å². The molecule has 0 saturated carbocycles. The molecule has 2 amide bonds. The number of aliphatic hydroxyl groups excluding tert-OH is 1. The summed E-state index contributed by atoms with van der Waals surface area (Å²) in [5, 5.41) is 13.4. The lowest BCUT2D eigenvalue weighted by Gasteiger charge is -2.38. The number of carbonyl (C=O) groups is 2. The number of aromatic nitrogens is 8. The second-order valence-corrected chi connectivity index (χ2v) is 25.9. The van der Waals surface area contributed by atoms with E-state index in [-0.39, 0.29) is 72.5 Å². The van der Waals surface area contributed by atoms with Gasteiger partial charge in [0, 0.05) is 63.0 Å². The lowest BCUT2D eigenvalue weighted by Crippen LogP contribution is -2.59. The van der Waals surface area contributed by atoms with E-state index in [9.17, 15) is 41.6 Å². The largest absolute Gasteiger partial charge is 0.488 e. The Morgan fingerprint density at radius 3 is 1.52 bits per heavy atom. The van der Waals surface area contributed by atoms with Crippen molar-refractivity contribution in [3.63, 3.8) is 0 Å². The summed E-state index contributed by atoms with van der Waals surface area (Å²) < 4.78 is 73.1. The number of H-pyrrole nitrogens is 2. The highest BCUT2D eigenvalue weighted by atomic mass is 35.5. The molecule has 2 saturated heterocycles. The van der Waals surface area contributed by atoms with Gasteiger partial charge in [0.05, 0.1) is 35.4 Å². The number of ether oxygens (including phenoxy) is 3. The molecule has 84 heavy (non-hydrogen) atoms. The molecular formula is C55H72Cl2F2N12O12S. The number of nitrogens with zero attached hydrogens (tertiary/aromatic N) is 8. The van der Waals surface area contributed by atoms with E-state index in [0.29, 0.717) is 53.5 Å². The maximum absolute atomic E-state index is 15.4. The van der Waals surface area contributed by atoms with Crippen LogP contribution in [0.5, 0.6) is 5.75 Å². The lowest BCUT2D eigenvalue weighted by molar-refractivity contribution is 0.0126. The molecule has 29 heteroatoms. The fourth-order valence-corrected chi connectivity index (χ4v) is 10.9. The van der Waals surface area contributed by atoms with Crippen LogP contribution < -0.4 is 37.9 Å². The zero-order valence-corrected chi connectivity index (χ0v) is 51.8. The third kappa shape index (κ3) is 15.3. The standard InChI is InChI=1S/C27H34ClFN6O5.C17H16ClFN4O4S.C11H22N2O3/c1-13(2)19-20(14(3)8-9-30-19)35-23-17(24(36)33-25(35)37)21(18(29)22(28)32-23)39-12-16-11-34(10-15(4)31-16)26(38)40-27(5,6)7;1-7(2)11-12(8(3)5-6-20-11)23-15-9(16(24)22-17(23)25)13(28(4,26)27)10(19)14(18)21-15;1-8-5-13(6-9(7-14)12-8)10(15)16-11(2,3)4/h8-9,13,15-16,31H,10-12H2,1-7H3,(H,33,36,37);5-7H,1-4H3,(H,22,24,25);8-9,12,14H,5-7H2,1-4H3/t15-,16+;;8-,9+/m0.0/s1. The zero-order valence-electron chi connectivity index (χ0n) is 49.5. The third-order valence-corrected chi connectivity index (χ3v) is 14.5. The van der Waals surface area contributed by atoms with Crippen LogP contribution in [0.2, 0.25) is 10.3 Å². The van der Waals surface area contributed by atoms with Gasteiger partial charge in [0.25, 0.3) is 11.1 Å². The van der Waals surface area contributed by atoms with Crippen molar-refractivity contribution in [2.24, 2.45) is 0 Å². The van der Waals surface area contributed by atoms with Crippen molar-refractivity contribution in [2.75, 3.05) is 45.6 Å². The Kier molecular flexibility index (Phi) is 20.6. The van der Waals surface area contributed by atoms with Gasteiger partial charge in [0.2, 0.25) is 5.82 Å². The number of aliphatic hydroxyl groups is 1. The van der Waals surface area contributed by atoms with Gasteiger partial charge in [-0.15, -0.1) is 0 Å². The Balaban J connectivity index is 0.000000222. The number of rotatable bonds is 9. The predicted octanol–water partition coefficient (Wildman–Crippen LogP) is 6.34. The summed E-state index contributed by atoms with van der Waals surface area (Å²) in [5.41, 5.74) is -2.09. The number of amides is 2. The van der Waals surface area contributed by atoms with Crippen molar-refractivity contribution in [2.45, 2.75) is 149 Å². The van der Waals surface area contributed by atoms with Crippen LogP contribution in [0.25, 0.3) is 33.4 Å². The minimum absolute atomic E-state index is 0.0314. The number of sulfone groups is 1. The molecule has 6 aromatic heterocycles. The molecule has 6 aromatic rings. The number of piperazine rings is 2. The van der Waals surface area contributed by atoms with E-state index in [1.807, 2.05) is 67.3 Å². The molecular weight excluding hydrogens is 1160 g/mol. The first kappa shape index (κ1) is 66.2. The van der Waals surface area contributed by atoms with Crippen LogP contribution in [0.4, 0.5) is 18.4 Å². The van der Waals surface area contributed by atoms with E-state index in [0.717, 1.165) is 10.8 Å². The highest BCUT2D eigenvalue weighted by Gasteiger charge is 2.34. The van der Waals surface area contributed by atoms with Gasteiger partial charge in [0.1, 0.15) is 33.5 Å². The summed E-state index contributed by atoms with van der Waals surface area (Å²) in [7, 11) is -4.20. The molecule has 4 atom stereocenters. The van der Waals surface area contributed by atoms with Gasteiger partial charge < -0.3 is 39.8 Å². The molecule has 0 unspecified atom stereocenters. The maximum Gasteiger partial charge on any atom is 0.410 e. The molecule has 0 aromatic carbocycles. The van der Waals surface area contributed by atoms with Crippen molar-refractivity contribution in [3.05, 3.63) is 111 Å². The van der Waals surface area contributed by atoms with E-state index in [1.54, 1.807) is 68.9 Å². The Hall–Kier alpha value is -6.91. The lowest BCUT2D eigenvalue weighted by atomic mass is 10.0. The Bertz CT molecular complexity index is 3840. The van der Waals surface area contributed by atoms with Crippen LogP contribution in [0, 0.1) is 25.5 Å². The molecule has 458 valence electrons. The first-order valence-electron chi connectivity index (χ1n) is 26.9. The van der Waals surface area contributed by atoms with Crippen LogP contribution in [0.3, 0.4) is 0 Å². The summed E-state index contributed by atoms with van der Waals surface area (Å²) in [6.45, 7) is 27.5. The topological polar surface area (TPSA) is 308 Å². The van der Waals surface area contributed by atoms with E-state index in [1.165, 1.54) is 4.57 Å². The summed E-state index contributed by atoms with van der Waals surface area (Å²) in [4.78, 5) is 99.0. The number of halogens is 4. The molecule has 2 aliphatic heterocycles. The van der Waals surface area contributed by atoms with E-state index >= 15 is 4.39 Å². The second-order valence-electron chi connectivity index (χ2n) is 23.3. The Morgan fingerprint density at radius 2 is 1.11 bits per heavy atom. The Morgan fingerprint density at radius 1 is 0.702 bits per heavy atom. The monoisotopic (exact) mass is 1230 g/mol. The number of fused-ring (bicyclic) bond motifs is 2. The zero-order chi connectivity index (χ0) is 62.8. The molecule has 0 spiro atoms. The molecule has 2 fully saturated rings. The minimum atomic E-state index is -4.20. The minimum Gasteiger partial charge on any atom is -0.488 e. The van der Waals surface area contributed by atoms with E-state index < -0.39 is 93.6 Å². The number of carbonyl (C=O) groups excluding carboxylic acids is 2. The molecule has 8 rings (SSSR count). The smallest absolute Gasteiger partial charge is 0.410 e. The molecule has 0 bridgehead atoms. The SMILES string of the molecule is C[C@H]1CN(C(=O)OC(C)(C)C)C[C@H](CO)N1.Cc1ccnc(C(C)C)c1-n1c(=O)[nH]c(=O)c2c(OC[C@H]3CN(C(=O)OC(C)(C)C)C[C@H](C)N3)c(F)c(Cl)nc21.Cc1ccnc(C(C)C)c1-n1c(=O)[nH]c(=O)c2c(S(C)(=O)=O)c(F)c(Cl)nc21. The van der Waals surface area contributed by atoms with Crippen molar-refractivity contribution in [1.29, 1.82) is 0 Å². The molecule has 2 aliphatic rings. The number of hydrogen-bond donors (Lipinski definition) is 5. The van der Waals surface area contributed by atoms with Gasteiger partial charge >= 0.3 is 23.6 Å². The normalized spacial score (nSPS) is 17.6. The van der Waals surface area contributed by atoms with Crippen LogP contribution in [-0.2, 0) is 19.3 Å². The molecule has 0 radical (unpaired) electrons. The summed E-state index contributed by atoms with van der Waals surface area (Å²) >= 11 is 12.0. The van der Waals surface area contributed by atoms with Gasteiger partial charge in [-0.3, -0.25) is 29.5 Å². The molecule has 24 nitrogen and oxygen atoms in total. The Labute approximate surface area is 493 Å². The van der Waals surface area contributed by atoms with Crippen molar-refractivity contribution in [3.8, 4) is 17.1 Å². The van der Waals surface area contributed by atoms with E-state index in [2.05, 4.69) is 35.6 Å². The number of aromatic amines is 2. The van der Waals surface area contributed by atoms with Gasteiger partial charge in [-0.2, -0.15) is 4.39 Å². The van der Waals surface area contributed by atoms with Gasteiger partial charge in [-0.25, -0.2) is 51.1 Å². The fraction of sp³-hybridized carbons (Fsp3) is 0.527. The summed E-state index contributed by atoms with van der Waals surface area (Å²) in [6, 6.07) is 2.96. The average molecular weight is 1230 g/mol. The number of pyridine rings is 4. The number of nitrogens with one attached hydrogen (secondary N) is 4. The second kappa shape index (κ2) is 26.1. The first-order chi connectivity index (χ1) is 38.9. The van der Waals surface area contributed by atoms with Crippen LogP contribution >= 0.6 is 23.2 Å². The van der Waals surface area contributed by atoms with Gasteiger partial charge in [-0.1, -0.05) is 50.9 Å². The van der Waals surface area contributed by atoms with Crippen LogP contribution in [0.1, 0.15) is 117 Å². The first-order valence-corrected chi connectivity index (χ1v) is 29.5. The average Bonchev–Trinajstić information content (AvgIpc) is 0.869. The molecule has 5 N–H and O–H groups in total. The molecule has 0 aliphatic carbocycles. The highest BCUT2D eigenvalue weighted by molar-refractivity contribution is 7.91.